The summed E-state index contributed by atoms with van der Waals surface area (Å²) in [4.78, 5) is 14.1. The van der Waals surface area contributed by atoms with Crippen LogP contribution in [0.15, 0.2) is 22.7 Å². The van der Waals surface area contributed by atoms with E-state index in [2.05, 4.69) is 22.0 Å². The maximum atomic E-state index is 12.6. The van der Waals surface area contributed by atoms with Crippen LogP contribution in [0.2, 0.25) is 0 Å². The second-order valence-electron chi connectivity index (χ2n) is 5.06. The van der Waals surface area contributed by atoms with Crippen molar-refractivity contribution in [3.8, 4) is 11.8 Å². The van der Waals surface area contributed by atoms with Gasteiger partial charge in [0.15, 0.2) is 0 Å². The summed E-state index contributed by atoms with van der Waals surface area (Å²) in [6.45, 7) is 4.98. The van der Waals surface area contributed by atoms with E-state index in [1.807, 2.05) is 19.9 Å². The van der Waals surface area contributed by atoms with Crippen LogP contribution in [0.5, 0.6) is 5.75 Å². The first-order valence-corrected chi connectivity index (χ1v) is 7.56. The van der Waals surface area contributed by atoms with Crippen molar-refractivity contribution in [2.24, 2.45) is 0 Å². The van der Waals surface area contributed by atoms with E-state index in [9.17, 15) is 4.79 Å². The number of carbonyl (C=O) groups is 1. The molecule has 0 bridgehead atoms. The number of morpholine rings is 1. The number of amides is 1. The van der Waals surface area contributed by atoms with E-state index in [-0.39, 0.29) is 18.6 Å². The van der Waals surface area contributed by atoms with Crippen LogP contribution in [0.25, 0.3) is 0 Å². The summed E-state index contributed by atoms with van der Waals surface area (Å²) in [6.07, 6.45) is 0.0255. The Kier molecular flexibility index (Phi) is 5.21. The van der Waals surface area contributed by atoms with Crippen molar-refractivity contribution in [1.82, 2.24) is 4.90 Å². The first-order valence-electron chi connectivity index (χ1n) is 6.77. The molecule has 5 nitrogen and oxygen atoms in total. The zero-order valence-corrected chi connectivity index (χ0v) is 13.6. The molecule has 2 rings (SSSR count). The molecule has 0 aliphatic carbocycles. The predicted octanol–water partition coefficient (Wildman–Crippen LogP) is 2.60. The van der Waals surface area contributed by atoms with E-state index in [0.717, 1.165) is 4.47 Å². The minimum atomic E-state index is -0.542. The topological polar surface area (TPSA) is 62.6 Å². The third-order valence-corrected chi connectivity index (χ3v) is 3.49. The van der Waals surface area contributed by atoms with Crippen molar-refractivity contribution >= 4 is 21.8 Å². The summed E-state index contributed by atoms with van der Waals surface area (Å²) in [5.74, 6) is 0.448. The van der Waals surface area contributed by atoms with Crippen LogP contribution in [0.4, 0.5) is 0 Å². The first kappa shape index (κ1) is 15.8. The normalized spacial score (nSPS) is 18.4. The molecule has 1 unspecified atom stereocenters. The number of carbonyl (C=O) groups excluding carboxylic acids is 1. The lowest BCUT2D eigenvalue weighted by Gasteiger charge is -2.31. The van der Waals surface area contributed by atoms with Gasteiger partial charge in [0.2, 0.25) is 0 Å². The van der Waals surface area contributed by atoms with Crippen LogP contribution in [-0.4, -0.2) is 42.7 Å². The molecule has 1 aromatic rings. The zero-order chi connectivity index (χ0) is 15.4. The third-order valence-electron chi connectivity index (χ3n) is 3.03. The number of halogens is 1. The highest BCUT2D eigenvalue weighted by Crippen LogP contribution is 2.24. The Morgan fingerprint density at radius 3 is 2.95 bits per heavy atom. The van der Waals surface area contributed by atoms with Gasteiger partial charge in [-0.25, -0.2) is 0 Å². The summed E-state index contributed by atoms with van der Waals surface area (Å²) in [5, 5.41) is 9.13. The molecule has 1 atom stereocenters. The van der Waals surface area contributed by atoms with E-state index in [1.54, 1.807) is 17.0 Å². The zero-order valence-electron chi connectivity index (χ0n) is 12.0. The van der Waals surface area contributed by atoms with Crippen molar-refractivity contribution in [3.63, 3.8) is 0 Å². The molecule has 1 aliphatic rings. The summed E-state index contributed by atoms with van der Waals surface area (Å²) < 4.78 is 11.6. The van der Waals surface area contributed by atoms with E-state index >= 15 is 0 Å². The van der Waals surface area contributed by atoms with Gasteiger partial charge in [-0.05, 0) is 32.0 Å². The van der Waals surface area contributed by atoms with E-state index < -0.39 is 6.04 Å². The highest BCUT2D eigenvalue weighted by atomic mass is 79.9. The average Bonchev–Trinajstić information content (AvgIpc) is 2.45. The lowest BCUT2D eigenvalue weighted by molar-refractivity contribution is 0.0132. The van der Waals surface area contributed by atoms with Crippen molar-refractivity contribution in [2.45, 2.75) is 26.0 Å². The third kappa shape index (κ3) is 3.96. The van der Waals surface area contributed by atoms with Gasteiger partial charge in [0.05, 0.1) is 25.4 Å². The van der Waals surface area contributed by atoms with Crippen molar-refractivity contribution in [3.05, 3.63) is 28.2 Å². The summed E-state index contributed by atoms with van der Waals surface area (Å²) >= 11 is 3.39. The molecule has 1 aliphatic heterocycles. The second-order valence-corrected chi connectivity index (χ2v) is 5.98. The smallest absolute Gasteiger partial charge is 0.255 e. The van der Waals surface area contributed by atoms with Gasteiger partial charge < -0.3 is 14.4 Å². The Morgan fingerprint density at radius 2 is 2.29 bits per heavy atom. The molecule has 1 aromatic carbocycles. The van der Waals surface area contributed by atoms with Crippen molar-refractivity contribution in [1.29, 1.82) is 5.26 Å². The lowest BCUT2D eigenvalue weighted by atomic mass is 10.1. The predicted molar refractivity (Wildman–Crippen MR) is 81.2 cm³/mol. The second kappa shape index (κ2) is 6.92. The monoisotopic (exact) mass is 352 g/mol. The minimum Gasteiger partial charge on any atom is -0.491 e. The van der Waals surface area contributed by atoms with E-state index in [4.69, 9.17) is 14.7 Å². The fourth-order valence-electron chi connectivity index (χ4n) is 2.15. The molecule has 1 saturated heterocycles. The molecule has 0 spiro atoms. The first-order chi connectivity index (χ1) is 10.0. The van der Waals surface area contributed by atoms with Crippen LogP contribution in [0.3, 0.4) is 0 Å². The van der Waals surface area contributed by atoms with Gasteiger partial charge in [0.1, 0.15) is 11.8 Å². The fraction of sp³-hybridized carbons (Fsp3) is 0.467. The number of hydrogen-bond donors (Lipinski definition) is 0. The fourth-order valence-corrected chi connectivity index (χ4v) is 2.62. The molecule has 1 fully saturated rings. The molecule has 0 radical (unpaired) electrons. The molecule has 1 amide bonds. The number of benzene rings is 1. The highest BCUT2D eigenvalue weighted by Gasteiger charge is 2.28. The molecular formula is C15H17BrN2O3. The van der Waals surface area contributed by atoms with Gasteiger partial charge in [-0.3, -0.25) is 4.79 Å². The Bertz CT molecular complexity index is 569. The van der Waals surface area contributed by atoms with Gasteiger partial charge in [-0.15, -0.1) is 0 Å². The Balaban J connectivity index is 2.26. The van der Waals surface area contributed by atoms with Gasteiger partial charge in [-0.2, -0.15) is 5.26 Å². The van der Waals surface area contributed by atoms with Crippen LogP contribution in [-0.2, 0) is 4.74 Å². The Labute approximate surface area is 132 Å². The van der Waals surface area contributed by atoms with Crippen LogP contribution in [0, 0.1) is 11.3 Å². The maximum absolute atomic E-state index is 12.6. The van der Waals surface area contributed by atoms with E-state index in [1.165, 1.54) is 0 Å². The van der Waals surface area contributed by atoms with Gasteiger partial charge in [0.25, 0.3) is 5.91 Å². The molecule has 112 valence electrons. The van der Waals surface area contributed by atoms with Gasteiger partial charge >= 0.3 is 0 Å². The molecule has 0 aromatic heterocycles. The molecule has 21 heavy (non-hydrogen) atoms. The minimum absolute atomic E-state index is 0.0255. The number of nitrogens with zero attached hydrogens (tertiary/aromatic N) is 2. The molecule has 6 heteroatoms. The van der Waals surface area contributed by atoms with Crippen LogP contribution >= 0.6 is 15.9 Å². The van der Waals surface area contributed by atoms with Crippen LogP contribution < -0.4 is 4.74 Å². The molecule has 0 N–H and O–H groups in total. The Hall–Kier alpha value is -1.58. The van der Waals surface area contributed by atoms with Crippen LogP contribution in [0.1, 0.15) is 24.2 Å². The molecule has 0 saturated carbocycles. The van der Waals surface area contributed by atoms with Gasteiger partial charge in [-0.1, -0.05) is 15.9 Å². The largest absolute Gasteiger partial charge is 0.491 e. The number of ether oxygens (including phenoxy) is 2. The quantitative estimate of drug-likeness (QED) is 0.838. The summed E-state index contributed by atoms with van der Waals surface area (Å²) in [5.41, 5.74) is 0.502. The molecule has 1 heterocycles. The summed E-state index contributed by atoms with van der Waals surface area (Å²) in [6, 6.07) is 6.82. The van der Waals surface area contributed by atoms with Gasteiger partial charge in [0, 0.05) is 16.6 Å². The Morgan fingerprint density at radius 1 is 1.52 bits per heavy atom. The van der Waals surface area contributed by atoms with E-state index in [0.29, 0.717) is 24.5 Å². The maximum Gasteiger partial charge on any atom is 0.255 e. The average molecular weight is 353 g/mol. The van der Waals surface area contributed by atoms with Crippen molar-refractivity contribution < 1.29 is 14.3 Å². The molecular weight excluding hydrogens is 336 g/mol. The van der Waals surface area contributed by atoms with Crippen molar-refractivity contribution in [2.75, 3.05) is 19.8 Å². The standard InChI is InChI=1S/C15H17BrN2O3/c1-10(2)21-14-6-11(5-12(16)7-14)15(19)18-3-4-20-9-13(18)8-17/h5-7,10,13H,3-4,9H2,1-2H3. The lowest BCUT2D eigenvalue weighted by Crippen LogP contribution is -2.48. The number of hydrogen-bond acceptors (Lipinski definition) is 4. The summed E-state index contributed by atoms with van der Waals surface area (Å²) in [7, 11) is 0. The number of rotatable bonds is 3. The SMILES string of the molecule is CC(C)Oc1cc(Br)cc(C(=O)N2CCOCC2C#N)c1. The highest BCUT2D eigenvalue weighted by molar-refractivity contribution is 9.10. The number of nitriles is 1.